The number of carbonyl (C=O) groups is 1. The van der Waals surface area contributed by atoms with E-state index < -0.39 is 0 Å². The lowest BCUT2D eigenvalue weighted by atomic mass is 10.1. The average molecular weight is 140 g/mol. The molecule has 0 aliphatic carbocycles. The van der Waals surface area contributed by atoms with Crippen LogP contribution in [0.2, 0.25) is 0 Å². The van der Waals surface area contributed by atoms with E-state index in [4.69, 9.17) is 4.74 Å². The van der Waals surface area contributed by atoms with Gasteiger partial charge in [-0.3, -0.25) is 0 Å². The summed E-state index contributed by atoms with van der Waals surface area (Å²) in [4.78, 5) is 10.9. The smallest absolute Gasteiger partial charge is 0.333 e. The Hall–Kier alpha value is -0.790. The quantitative estimate of drug-likeness (QED) is 0.518. The van der Waals surface area contributed by atoms with E-state index in [2.05, 4.69) is 0 Å². The second kappa shape index (κ2) is 2.86. The number of esters is 1. The summed E-state index contributed by atoms with van der Waals surface area (Å²) in [6.45, 7) is 3.86. The molecule has 0 saturated heterocycles. The molecule has 2 heteroatoms. The summed E-state index contributed by atoms with van der Waals surface area (Å²) < 4.78 is 4.98. The fourth-order valence-corrected chi connectivity index (χ4v) is 0.987. The van der Waals surface area contributed by atoms with Crippen molar-refractivity contribution in [2.24, 2.45) is 0 Å². The normalized spacial score (nSPS) is 25.6. The van der Waals surface area contributed by atoms with Gasteiger partial charge in [0.25, 0.3) is 0 Å². The molecule has 0 fully saturated rings. The van der Waals surface area contributed by atoms with Crippen LogP contribution in [0, 0.1) is 0 Å². The highest BCUT2D eigenvalue weighted by atomic mass is 16.5. The summed E-state index contributed by atoms with van der Waals surface area (Å²) in [6.07, 6.45) is 3.69. The Kier molecular flexibility index (Phi) is 2.10. The molecule has 0 bridgehead atoms. The van der Waals surface area contributed by atoms with Gasteiger partial charge in [0.05, 0.1) is 0 Å². The summed E-state index contributed by atoms with van der Waals surface area (Å²) in [6, 6.07) is 0. The molecule has 10 heavy (non-hydrogen) atoms. The first kappa shape index (κ1) is 7.32. The van der Waals surface area contributed by atoms with Crippen molar-refractivity contribution in [3.8, 4) is 0 Å². The molecule has 1 atom stereocenters. The standard InChI is InChI=1S/C8H12O2/c1-3-7-5-4-6(2)10-8(7)9/h5-6H,3-4H2,1-2H3. The van der Waals surface area contributed by atoms with Crippen molar-refractivity contribution in [1.82, 2.24) is 0 Å². The van der Waals surface area contributed by atoms with E-state index in [1.165, 1.54) is 0 Å². The number of cyclic esters (lactones) is 1. The molecule has 1 aliphatic rings. The van der Waals surface area contributed by atoms with Crippen molar-refractivity contribution < 1.29 is 9.53 Å². The molecule has 1 rings (SSSR count). The van der Waals surface area contributed by atoms with Gasteiger partial charge in [0.15, 0.2) is 0 Å². The van der Waals surface area contributed by atoms with Gasteiger partial charge in [-0.05, 0) is 13.3 Å². The summed E-state index contributed by atoms with van der Waals surface area (Å²) in [5, 5.41) is 0. The second-order valence-electron chi connectivity index (χ2n) is 2.53. The van der Waals surface area contributed by atoms with Gasteiger partial charge in [0.2, 0.25) is 0 Å². The van der Waals surface area contributed by atoms with Crippen LogP contribution in [0.25, 0.3) is 0 Å². The number of hydrogen-bond donors (Lipinski definition) is 0. The third kappa shape index (κ3) is 1.38. The lowest BCUT2D eigenvalue weighted by Crippen LogP contribution is -2.20. The number of rotatable bonds is 1. The Morgan fingerprint density at radius 1 is 1.80 bits per heavy atom. The van der Waals surface area contributed by atoms with Crippen molar-refractivity contribution in [3.05, 3.63) is 11.6 Å². The summed E-state index contributed by atoms with van der Waals surface area (Å²) in [5.74, 6) is -0.138. The fraction of sp³-hybridized carbons (Fsp3) is 0.625. The SMILES string of the molecule is CCC1=CCC(C)OC1=O. The molecule has 0 aromatic rings. The predicted molar refractivity (Wildman–Crippen MR) is 38.5 cm³/mol. The topological polar surface area (TPSA) is 26.3 Å². The highest BCUT2D eigenvalue weighted by molar-refractivity contribution is 5.89. The molecule has 0 N–H and O–H groups in total. The molecule has 56 valence electrons. The Balaban J connectivity index is 2.66. The highest BCUT2D eigenvalue weighted by Crippen LogP contribution is 2.15. The van der Waals surface area contributed by atoms with Gasteiger partial charge in [-0.25, -0.2) is 4.79 Å². The van der Waals surface area contributed by atoms with Gasteiger partial charge in [-0.1, -0.05) is 13.0 Å². The zero-order valence-electron chi connectivity index (χ0n) is 6.39. The van der Waals surface area contributed by atoms with E-state index in [0.29, 0.717) is 0 Å². The van der Waals surface area contributed by atoms with Crippen molar-refractivity contribution >= 4 is 5.97 Å². The Morgan fingerprint density at radius 3 is 3.00 bits per heavy atom. The van der Waals surface area contributed by atoms with Crippen LogP contribution in [0.3, 0.4) is 0 Å². The Labute approximate surface area is 60.9 Å². The largest absolute Gasteiger partial charge is 0.459 e. The Bertz CT molecular complexity index is 170. The van der Waals surface area contributed by atoms with Gasteiger partial charge in [-0.2, -0.15) is 0 Å². The van der Waals surface area contributed by atoms with Crippen molar-refractivity contribution in [3.63, 3.8) is 0 Å². The second-order valence-corrected chi connectivity index (χ2v) is 2.53. The zero-order valence-corrected chi connectivity index (χ0v) is 6.39. The van der Waals surface area contributed by atoms with Gasteiger partial charge in [-0.15, -0.1) is 0 Å². The molecule has 1 heterocycles. The molecule has 0 aromatic heterocycles. The van der Waals surface area contributed by atoms with Crippen LogP contribution in [0.5, 0.6) is 0 Å². The molecule has 0 saturated carbocycles. The van der Waals surface area contributed by atoms with Crippen molar-refractivity contribution in [1.29, 1.82) is 0 Å². The van der Waals surface area contributed by atoms with Gasteiger partial charge < -0.3 is 4.74 Å². The van der Waals surface area contributed by atoms with E-state index in [9.17, 15) is 4.79 Å². The molecule has 0 amide bonds. The fourth-order valence-electron chi connectivity index (χ4n) is 0.987. The molecule has 0 spiro atoms. The maximum absolute atomic E-state index is 10.9. The van der Waals surface area contributed by atoms with E-state index >= 15 is 0 Å². The van der Waals surface area contributed by atoms with Crippen LogP contribution in [0.15, 0.2) is 11.6 Å². The van der Waals surface area contributed by atoms with Crippen LogP contribution in [-0.2, 0) is 9.53 Å². The third-order valence-corrected chi connectivity index (χ3v) is 1.65. The lowest BCUT2D eigenvalue weighted by molar-refractivity contribution is -0.144. The first-order valence-corrected chi connectivity index (χ1v) is 3.64. The van der Waals surface area contributed by atoms with E-state index in [1.54, 1.807) is 0 Å². The first-order chi connectivity index (χ1) is 4.74. The molecule has 0 aromatic carbocycles. The van der Waals surface area contributed by atoms with Gasteiger partial charge >= 0.3 is 5.97 Å². The van der Waals surface area contributed by atoms with E-state index in [0.717, 1.165) is 18.4 Å². The summed E-state index contributed by atoms with van der Waals surface area (Å²) >= 11 is 0. The molecular weight excluding hydrogens is 128 g/mol. The Morgan fingerprint density at radius 2 is 2.50 bits per heavy atom. The van der Waals surface area contributed by atoms with E-state index in [1.807, 2.05) is 19.9 Å². The number of carbonyl (C=O) groups excluding carboxylic acids is 1. The maximum atomic E-state index is 10.9. The van der Waals surface area contributed by atoms with Crippen LogP contribution in [0.1, 0.15) is 26.7 Å². The van der Waals surface area contributed by atoms with Crippen molar-refractivity contribution in [2.75, 3.05) is 0 Å². The van der Waals surface area contributed by atoms with Gasteiger partial charge in [0, 0.05) is 12.0 Å². The minimum Gasteiger partial charge on any atom is -0.459 e. The van der Waals surface area contributed by atoms with Crippen LogP contribution >= 0.6 is 0 Å². The first-order valence-electron chi connectivity index (χ1n) is 3.64. The summed E-state index contributed by atoms with van der Waals surface area (Å²) in [5.41, 5.74) is 0.818. The average Bonchev–Trinajstić information content (AvgIpc) is 1.88. The highest BCUT2D eigenvalue weighted by Gasteiger charge is 2.17. The third-order valence-electron chi connectivity index (χ3n) is 1.65. The predicted octanol–water partition coefficient (Wildman–Crippen LogP) is 1.66. The van der Waals surface area contributed by atoms with Crippen LogP contribution in [0.4, 0.5) is 0 Å². The molecule has 1 unspecified atom stereocenters. The monoisotopic (exact) mass is 140 g/mol. The molecule has 1 aliphatic heterocycles. The molecule has 2 nitrogen and oxygen atoms in total. The zero-order chi connectivity index (χ0) is 7.56. The van der Waals surface area contributed by atoms with Gasteiger partial charge in [0.1, 0.15) is 6.10 Å². The summed E-state index contributed by atoms with van der Waals surface area (Å²) in [7, 11) is 0. The number of hydrogen-bond acceptors (Lipinski definition) is 2. The minimum absolute atomic E-state index is 0.0720. The van der Waals surface area contributed by atoms with E-state index in [-0.39, 0.29) is 12.1 Å². The molecular formula is C8H12O2. The number of ether oxygens (including phenoxy) is 1. The minimum atomic E-state index is -0.138. The van der Waals surface area contributed by atoms with Crippen LogP contribution < -0.4 is 0 Å². The molecule has 0 radical (unpaired) electrons. The maximum Gasteiger partial charge on any atom is 0.333 e. The lowest BCUT2D eigenvalue weighted by Gasteiger charge is -2.17. The van der Waals surface area contributed by atoms with Crippen LogP contribution in [-0.4, -0.2) is 12.1 Å². The van der Waals surface area contributed by atoms with Crippen molar-refractivity contribution in [2.45, 2.75) is 32.8 Å².